The molecule has 3 aromatic carbocycles. The smallest absolute Gasteiger partial charge is 0.222 e. The molecule has 1 aromatic heterocycles. The molecule has 0 aliphatic carbocycles. The second-order valence-electron chi connectivity index (χ2n) is 13.9. The van der Waals surface area contributed by atoms with Crippen LogP contribution in [0.1, 0.15) is 40.7 Å². The number of para-hydroxylation sites is 1. The molecule has 0 radical (unpaired) electrons. The number of methoxy groups -OCH3 is 2. The number of pyridine rings is 1. The van der Waals surface area contributed by atoms with Crippen molar-refractivity contribution in [3.8, 4) is 22.8 Å². The number of aryl methyl sites for hydroxylation is 1. The number of Topliss-reactive ketones (excluding diaryl/α,β-unsaturated/α-hetero) is 1. The van der Waals surface area contributed by atoms with E-state index < -0.39 is 0 Å². The van der Waals surface area contributed by atoms with Crippen LogP contribution in [0.2, 0.25) is 0 Å². The zero-order chi connectivity index (χ0) is 43.2. The quantitative estimate of drug-likeness (QED) is 0.0422. The zero-order valence-electron chi connectivity index (χ0n) is 36.1. The lowest BCUT2D eigenvalue weighted by atomic mass is 9.99. The van der Waals surface area contributed by atoms with Crippen LogP contribution >= 0.6 is 0 Å². The molecule has 0 spiro atoms. The van der Waals surface area contributed by atoms with E-state index in [0.29, 0.717) is 154 Å². The third-order valence-electron chi connectivity index (χ3n) is 9.32. The van der Waals surface area contributed by atoms with E-state index in [4.69, 9.17) is 52.4 Å². The number of aromatic nitrogens is 1. The van der Waals surface area contributed by atoms with Crippen molar-refractivity contribution >= 4 is 22.6 Å². The molecule has 0 aliphatic rings. The molecule has 0 aliphatic heterocycles. The van der Waals surface area contributed by atoms with Crippen molar-refractivity contribution in [1.29, 1.82) is 0 Å². The van der Waals surface area contributed by atoms with E-state index >= 15 is 0 Å². The number of fused-ring (bicyclic) bond motifs is 1. The van der Waals surface area contributed by atoms with Gasteiger partial charge in [-0.25, -0.2) is 4.98 Å². The van der Waals surface area contributed by atoms with Crippen molar-refractivity contribution in [3.05, 3.63) is 89.5 Å². The summed E-state index contributed by atoms with van der Waals surface area (Å²) in [6.45, 7) is 9.94. The number of nitrogens with one attached hydrogen (secondary N) is 1. The van der Waals surface area contributed by atoms with Crippen molar-refractivity contribution in [2.45, 2.75) is 32.6 Å². The highest BCUT2D eigenvalue weighted by Gasteiger charge is 2.15. The van der Waals surface area contributed by atoms with Crippen LogP contribution in [-0.2, 0) is 49.1 Å². The number of hydrogen-bond donors (Lipinski definition) is 1. The summed E-state index contributed by atoms with van der Waals surface area (Å²) in [5.74, 6) is 1.25. The number of hydrogen-bond acceptors (Lipinski definition) is 13. The Morgan fingerprint density at radius 2 is 1.08 bits per heavy atom. The SMILES string of the molecule is COc1ccc(-c2cc(C(=O)CCCOCCOCCOCCOCCOCCOCCOCCOCCC(=O)NCCc3ccc(C)cc3)c3ccccc3n2)cc1OC. The fraction of sp³-hybridized carbons (Fsp3) is 0.511. The van der Waals surface area contributed by atoms with Gasteiger partial charge in [-0.1, -0.05) is 48.0 Å². The fourth-order valence-corrected chi connectivity index (χ4v) is 6.01. The molecule has 0 atom stereocenters. The van der Waals surface area contributed by atoms with Crippen LogP contribution in [0.25, 0.3) is 22.2 Å². The molecule has 0 unspecified atom stereocenters. The van der Waals surface area contributed by atoms with Gasteiger partial charge < -0.3 is 52.7 Å². The molecule has 1 N–H and O–H groups in total. The Labute approximate surface area is 360 Å². The molecule has 4 rings (SSSR count). The second kappa shape index (κ2) is 30.5. The maximum atomic E-state index is 13.4. The molecule has 0 saturated carbocycles. The lowest BCUT2D eigenvalue weighted by Gasteiger charge is -2.12. The number of benzene rings is 3. The van der Waals surface area contributed by atoms with E-state index in [2.05, 4.69) is 36.5 Å². The zero-order valence-corrected chi connectivity index (χ0v) is 36.1. The molecule has 61 heavy (non-hydrogen) atoms. The van der Waals surface area contributed by atoms with Gasteiger partial charge in [-0.15, -0.1) is 0 Å². The van der Waals surface area contributed by atoms with Gasteiger partial charge in [0.15, 0.2) is 17.3 Å². The van der Waals surface area contributed by atoms with Crippen LogP contribution in [0.4, 0.5) is 0 Å². The number of amides is 1. The summed E-state index contributed by atoms with van der Waals surface area (Å²) < 4.78 is 55.2. The van der Waals surface area contributed by atoms with Gasteiger partial charge >= 0.3 is 0 Å². The summed E-state index contributed by atoms with van der Waals surface area (Å²) in [7, 11) is 3.19. The predicted molar refractivity (Wildman–Crippen MR) is 233 cm³/mol. The van der Waals surface area contributed by atoms with Gasteiger partial charge in [0, 0.05) is 42.5 Å². The minimum absolute atomic E-state index is 0.0118. The number of nitrogens with zero attached hydrogens (tertiary/aromatic N) is 1. The normalized spacial score (nSPS) is 11.3. The molecular formula is C47H64N2O12. The van der Waals surface area contributed by atoms with Crippen molar-refractivity contribution in [3.63, 3.8) is 0 Å². The number of ether oxygens (including phenoxy) is 10. The van der Waals surface area contributed by atoms with Gasteiger partial charge in [0.2, 0.25) is 5.91 Å². The van der Waals surface area contributed by atoms with E-state index in [0.717, 1.165) is 22.9 Å². The van der Waals surface area contributed by atoms with E-state index in [1.54, 1.807) is 14.2 Å². The van der Waals surface area contributed by atoms with Gasteiger partial charge in [-0.05, 0) is 55.7 Å². The van der Waals surface area contributed by atoms with Crippen LogP contribution in [0.15, 0.2) is 72.8 Å². The maximum absolute atomic E-state index is 13.4. The van der Waals surface area contributed by atoms with Gasteiger partial charge in [0.25, 0.3) is 0 Å². The minimum atomic E-state index is -0.0118. The Morgan fingerprint density at radius 1 is 0.557 bits per heavy atom. The number of rotatable bonds is 35. The highest BCUT2D eigenvalue weighted by molar-refractivity contribution is 6.08. The number of carbonyl (C=O) groups is 2. The first kappa shape index (κ1) is 49.1. The summed E-state index contributed by atoms with van der Waals surface area (Å²) in [6.07, 6.45) is 2.09. The fourth-order valence-electron chi connectivity index (χ4n) is 6.01. The van der Waals surface area contributed by atoms with Crippen molar-refractivity contribution in [2.24, 2.45) is 0 Å². The highest BCUT2D eigenvalue weighted by Crippen LogP contribution is 2.33. The van der Waals surface area contributed by atoms with Gasteiger partial charge in [-0.2, -0.15) is 0 Å². The monoisotopic (exact) mass is 848 g/mol. The molecule has 4 aromatic rings. The first-order valence-electron chi connectivity index (χ1n) is 21.1. The average Bonchev–Trinajstić information content (AvgIpc) is 3.28. The molecule has 0 bridgehead atoms. The van der Waals surface area contributed by atoms with Gasteiger partial charge in [-0.3, -0.25) is 9.59 Å². The summed E-state index contributed by atoms with van der Waals surface area (Å²) in [5, 5.41) is 3.75. The summed E-state index contributed by atoms with van der Waals surface area (Å²) in [5.41, 5.74) is 5.35. The molecule has 0 fully saturated rings. The van der Waals surface area contributed by atoms with Crippen LogP contribution in [-0.4, -0.2) is 143 Å². The largest absolute Gasteiger partial charge is 0.493 e. The topological polar surface area (TPSA) is 151 Å². The molecule has 14 nitrogen and oxygen atoms in total. The molecule has 0 saturated heterocycles. The standard InChI is InChI=1S/C47H64N2O12/c1-37-10-12-38(13-11-37)16-18-48-47(51)17-20-55-22-24-57-26-28-59-30-32-61-34-33-60-31-29-58-27-25-56-23-21-54-19-6-9-44(50)41-36-43(49-42-8-5-4-7-40(41)42)39-14-15-45(52-2)46(35-39)53-3/h4-5,7-8,10-15,35-36H,6,9,16-34H2,1-3H3,(H,48,51). The summed E-state index contributed by atoms with van der Waals surface area (Å²) in [4.78, 5) is 30.1. The Kier molecular flexibility index (Phi) is 24.6. The van der Waals surface area contributed by atoms with Crippen LogP contribution < -0.4 is 14.8 Å². The van der Waals surface area contributed by atoms with Crippen molar-refractivity contribution < 1.29 is 57.0 Å². The number of carbonyl (C=O) groups excluding carboxylic acids is 2. The molecule has 1 heterocycles. The minimum Gasteiger partial charge on any atom is -0.493 e. The maximum Gasteiger partial charge on any atom is 0.222 e. The van der Waals surface area contributed by atoms with Crippen LogP contribution in [0.3, 0.4) is 0 Å². The lowest BCUT2D eigenvalue weighted by Crippen LogP contribution is -2.26. The Morgan fingerprint density at radius 3 is 1.64 bits per heavy atom. The Balaban J connectivity index is 0.874. The molecule has 1 amide bonds. The molecule has 14 heteroatoms. The van der Waals surface area contributed by atoms with Crippen LogP contribution in [0, 0.1) is 6.92 Å². The van der Waals surface area contributed by atoms with E-state index in [1.165, 1.54) is 11.1 Å². The Bertz CT molecular complexity index is 1820. The van der Waals surface area contributed by atoms with E-state index in [-0.39, 0.29) is 11.7 Å². The first-order valence-corrected chi connectivity index (χ1v) is 21.1. The average molecular weight is 849 g/mol. The number of ketones is 1. The third-order valence-corrected chi connectivity index (χ3v) is 9.32. The summed E-state index contributed by atoms with van der Waals surface area (Å²) in [6, 6.07) is 23.4. The second-order valence-corrected chi connectivity index (χ2v) is 13.9. The van der Waals surface area contributed by atoms with Crippen molar-refractivity contribution in [1.82, 2.24) is 10.3 Å². The van der Waals surface area contributed by atoms with E-state index in [9.17, 15) is 9.59 Å². The van der Waals surface area contributed by atoms with Gasteiger partial charge in [0.05, 0.1) is 125 Å². The van der Waals surface area contributed by atoms with Crippen molar-refractivity contribution in [2.75, 3.05) is 126 Å². The first-order chi connectivity index (χ1) is 30.0. The molecular weight excluding hydrogens is 785 g/mol. The lowest BCUT2D eigenvalue weighted by molar-refractivity contribution is -0.122. The van der Waals surface area contributed by atoms with E-state index in [1.807, 2.05) is 48.5 Å². The summed E-state index contributed by atoms with van der Waals surface area (Å²) >= 11 is 0. The Hall–Kier alpha value is -4.51. The molecule has 334 valence electrons. The predicted octanol–water partition coefficient (Wildman–Crippen LogP) is 6.07. The van der Waals surface area contributed by atoms with Gasteiger partial charge in [0.1, 0.15) is 0 Å². The highest BCUT2D eigenvalue weighted by atomic mass is 16.6. The third kappa shape index (κ3) is 19.8. The van der Waals surface area contributed by atoms with Crippen LogP contribution in [0.5, 0.6) is 11.5 Å².